The SMILES string of the molecule is Cc1ccc(-c2nn3c(C)nnc3s2)cc1NC(=S)NC(=O)C(C)Oc1ccc(Cl)cc1Cl. The molecule has 2 aromatic heterocycles. The van der Waals surface area contributed by atoms with Gasteiger partial charge >= 0.3 is 0 Å². The van der Waals surface area contributed by atoms with E-state index in [2.05, 4.69) is 25.9 Å². The summed E-state index contributed by atoms with van der Waals surface area (Å²) in [6, 6.07) is 10.6. The van der Waals surface area contributed by atoms with E-state index in [1.54, 1.807) is 29.6 Å². The van der Waals surface area contributed by atoms with E-state index < -0.39 is 12.0 Å². The summed E-state index contributed by atoms with van der Waals surface area (Å²) in [5.41, 5.74) is 2.59. The number of fused-ring (bicyclic) bond motifs is 1. The topological polar surface area (TPSA) is 93.4 Å². The van der Waals surface area contributed by atoms with Crippen LogP contribution in [0.5, 0.6) is 5.75 Å². The third-order valence-electron chi connectivity index (χ3n) is 4.68. The first-order valence-corrected chi connectivity index (χ1v) is 11.7. The summed E-state index contributed by atoms with van der Waals surface area (Å²) in [6.07, 6.45) is -0.834. The van der Waals surface area contributed by atoms with Crippen LogP contribution in [0.1, 0.15) is 18.3 Å². The van der Waals surface area contributed by atoms with E-state index in [1.165, 1.54) is 11.3 Å². The van der Waals surface area contributed by atoms with Crippen molar-refractivity contribution >= 4 is 68.4 Å². The summed E-state index contributed by atoms with van der Waals surface area (Å²) < 4.78 is 7.33. The second-order valence-corrected chi connectivity index (χ2v) is 9.36. The first-order chi connectivity index (χ1) is 15.7. The molecule has 1 unspecified atom stereocenters. The quantitative estimate of drug-likeness (QED) is 0.355. The van der Waals surface area contributed by atoms with Crippen LogP contribution in [0.2, 0.25) is 10.0 Å². The van der Waals surface area contributed by atoms with Gasteiger partial charge in [-0.2, -0.15) is 9.61 Å². The van der Waals surface area contributed by atoms with Crippen molar-refractivity contribution in [3.8, 4) is 16.3 Å². The van der Waals surface area contributed by atoms with Gasteiger partial charge in [-0.1, -0.05) is 46.7 Å². The van der Waals surface area contributed by atoms with Crippen molar-refractivity contribution in [2.24, 2.45) is 0 Å². The smallest absolute Gasteiger partial charge is 0.266 e. The van der Waals surface area contributed by atoms with Gasteiger partial charge in [0.25, 0.3) is 5.91 Å². The van der Waals surface area contributed by atoms with Crippen LogP contribution in [0, 0.1) is 13.8 Å². The van der Waals surface area contributed by atoms with Crippen LogP contribution in [0.15, 0.2) is 36.4 Å². The number of benzene rings is 2. The Hall–Kier alpha value is -2.79. The summed E-state index contributed by atoms with van der Waals surface area (Å²) in [5, 5.41) is 20.1. The Balaban J connectivity index is 1.43. The van der Waals surface area contributed by atoms with E-state index in [4.69, 9.17) is 40.2 Å². The zero-order chi connectivity index (χ0) is 23.7. The van der Waals surface area contributed by atoms with E-state index in [0.717, 1.165) is 32.6 Å². The first kappa shape index (κ1) is 23.4. The standard InChI is InChI=1S/C21H18Cl2N6O2S2/c1-10-4-5-13(19-28-29-12(3)26-27-21(29)33-19)8-16(10)24-20(32)25-18(30)11(2)31-17-7-6-14(22)9-15(17)23/h4-9,11H,1-3H3,(H2,24,25,30,32). The van der Waals surface area contributed by atoms with Crippen molar-refractivity contribution in [3.05, 3.63) is 57.8 Å². The molecule has 1 atom stereocenters. The molecule has 0 saturated carbocycles. The van der Waals surface area contributed by atoms with Gasteiger partial charge in [-0.3, -0.25) is 10.1 Å². The Morgan fingerprint density at radius 2 is 1.97 bits per heavy atom. The summed E-state index contributed by atoms with van der Waals surface area (Å²) >= 11 is 18.8. The average Bonchev–Trinajstić information content (AvgIpc) is 3.33. The van der Waals surface area contributed by atoms with E-state index in [9.17, 15) is 4.79 Å². The Morgan fingerprint density at radius 1 is 1.18 bits per heavy atom. The summed E-state index contributed by atoms with van der Waals surface area (Å²) in [5.74, 6) is 0.654. The van der Waals surface area contributed by atoms with Gasteiger partial charge in [0, 0.05) is 16.3 Å². The number of aromatic nitrogens is 4. The number of anilines is 1. The van der Waals surface area contributed by atoms with Crippen LogP contribution in [0.25, 0.3) is 15.5 Å². The lowest BCUT2D eigenvalue weighted by molar-refractivity contribution is -0.125. The van der Waals surface area contributed by atoms with Crippen LogP contribution < -0.4 is 15.4 Å². The van der Waals surface area contributed by atoms with E-state index in [1.807, 2.05) is 32.0 Å². The second-order valence-electron chi connectivity index (χ2n) is 7.16. The van der Waals surface area contributed by atoms with Gasteiger partial charge in [-0.05, 0) is 62.8 Å². The highest BCUT2D eigenvalue weighted by atomic mass is 35.5. The van der Waals surface area contributed by atoms with Crippen LogP contribution >= 0.6 is 46.8 Å². The third kappa shape index (κ3) is 5.25. The molecule has 0 aliphatic carbocycles. The molecule has 0 radical (unpaired) electrons. The number of ether oxygens (including phenoxy) is 1. The van der Waals surface area contributed by atoms with Crippen LogP contribution in [-0.2, 0) is 4.79 Å². The number of carbonyl (C=O) groups excluding carboxylic acids is 1. The van der Waals surface area contributed by atoms with Crippen molar-refractivity contribution in [1.29, 1.82) is 0 Å². The highest BCUT2D eigenvalue weighted by Crippen LogP contribution is 2.30. The van der Waals surface area contributed by atoms with Crippen LogP contribution in [0.4, 0.5) is 5.69 Å². The Bertz CT molecular complexity index is 1370. The van der Waals surface area contributed by atoms with Gasteiger partial charge in [0.15, 0.2) is 17.0 Å². The number of hydrogen-bond acceptors (Lipinski definition) is 7. The Labute approximate surface area is 208 Å². The van der Waals surface area contributed by atoms with E-state index in [-0.39, 0.29) is 5.11 Å². The molecule has 0 fully saturated rings. The monoisotopic (exact) mass is 520 g/mol. The van der Waals surface area contributed by atoms with Crippen molar-refractivity contribution < 1.29 is 9.53 Å². The zero-order valence-electron chi connectivity index (χ0n) is 17.7. The number of amides is 1. The molecule has 2 heterocycles. The lowest BCUT2D eigenvalue weighted by Crippen LogP contribution is -2.42. The molecular formula is C21H18Cl2N6O2S2. The maximum atomic E-state index is 12.5. The normalized spacial score (nSPS) is 11.9. The number of carbonyl (C=O) groups is 1. The van der Waals surface area contributed by atoms with E-state index >= 15 is 0 Å². The molecule has 33 heavy (non-hydrogen) atoms. The molecule has 170 valence electrons. The first-order valence-electron chi connectivity index (χ1n) is 9.74. The minimum atomic E-state index is -0.834. The van der Waals surface area contributed by atoms with Gasteiger partial charge in [-0.25, -0.2) is 0 Å². The molecule has 0 aliphatic heterocycles. The number of halogens is 2. The summed E-state index contributed by atoms with van der Waals surface area (Å²) in [6.45, 7) is 5.39. The Morgan fingerprint density at radius 3 is 2.70 bits per heavy atom. The fraction of sp³-hybridized carbons (Fsp3) is 0.190. The van der Waals surface area contributed by atoms with Crippen molar-refractivity contribution in [3.63, 3.8) is 0 Å². The molecule has 4 rings (SSSR count). The number of rotatable bonds is 5. The molecule has 0 spiro atoms. The third-order valence-corrected chi connectivity index (χ3v) is 6.37. The summed E-state index contributed by atoms with van der Waals surface area (Å²) in [4.78, 5) is 13.3. The molecule has 2 N–H and O–H groups in total. The average molecular weight is 521 g/mol. The second kappa shape index (κ2) is 9.60. The Kier molecular flexibility index (Phi) is 6.80. The molecule has 12 heteroatoms. The predicted molar refractivity (Wildman–Crippen MR) is 134 cm³/mol. The van der Waals surface area contributed by atoms with Gasteiger partial charge < -0.3 is 10.1 Å². The van der Waals surface area contributed by atoms with Crippen molar-refractivity contribution in [1.82, 2.24) is 25.1 Å². The maximum Gasteiger partial charge on any atom is 0.266 e. The van der Waals surface area contributed by atoms with Crippen LogP contribution in [-0.4, -0.2) is 36.9 Å². The number of nitrogens with zero attached hydrogens (tertiary/aromatic N) is 4. The molecule has 0 bridgehead atoms. The van der Waals surface area contributed by atoms with E-state index in [0.29, 0.717) is 15.8 Å². The molecule has 0 aliphatic rings. The number of thiocarbonyl (C=S) groups is 1. The van der Waals surface area contributed by atoms with Gasteiger partial charge in [0.05, 0.1) is 5.02 Å². The highest BCUT2D eigenvalue weighted by Gasteiger charge is 2.18. The molecule has 2 aromatic carbocycles. The zero-order valence-corrected chi connectivity index (χ0v) is 20.9. The fourth-order valence-corrected chi connectivity index (χ4v) is 4.45. The largest absolute Gasteiger partial charge is 0.479 e. The molecule has 1 amide bonds. The van der Waals surface area contributed by atoms with Crippen molar-refractivity contribution in [2.75, 3.05) is 5.32 Å². The van der Waals surface area contributed by atoms with Gasteiger partial charge in [0.1, 0.15) is 10.8 Å². The number of nitrogens with one attached hydrogen (secondary N) is 2. The maximum absolute atomic E-state index is 12.5. The van der Waals surface area contributed by atoms with Gasteiger partial charge in [-0.15, -0.1) is 10.2 Å². The lowest BCUT2D eigenvalue weighted by atomic mass is 10.1. The number of hydrogen-bond donors (Lipinski definition) is 2. The molecular weight excluding hydrogens is 503 g/mol. The van der Waals surface area contributed by atoms with Crippen LogP contribution in [0.3, 0.4) is 0 Å². The van der Waals surface area contributed by atoms with Crippen molar-refractivity contribution in [2.45, 2.75) is 26.9 Å². The van der Waals surface area contributed by atoms with Gasteiger partial charge in [0.2, 0.25) is 4.96 Å². The minimum absolute atomic E-state index is 0.145. The minimum Gasteiger partial charge on any atom is -0.479 e. The fourth-order valence-electron chi connectivity index (χ4n) is 2.90. The molecule has 4 aromatic rings. The highest BCUT2D eigenvalue weighted by molar-refractivity contribution is 7.80. The molecule has 0 saturated heterocycles. The number of aryl methyl sites for hydroxylation is 2. The lowest BCUT2D eigenvalue weighted by Gasteiger charge is -2.17. The molecule has 8 nitrogen and oxygen atoms in total. The predicted octanol–water partition coefficient (Wildman–Crippen LogP) is 5.06. The summed E-state index contributed by atoms with van der Waals surface area (Å²) in [7, 11) is 0.